The molecule has 3 heterocycles. The monoisotopic (exact) mass is 477 g/mol. The molecule has 0 saturated heterocycles. The molecule has 0 bridgehead atoms. The number of pyridine rings is 3. The van der Waals surface area contributed by atoms with Crippen molar-refractivity contribution in [3.63, 3.8) is 0 Å². The Morgan fingerprint density at radius 3 is 2.61 bits per heavy atom. The van der Waals surface area contributed by atoms with Gasteiger partial charge in [-0.15, -0.1) is 0 Å². The molecule has 0 saturated carbocycles. The van der Waals surface area contributed by atoms with Crippen LogP contribution in [0.4, 0.5) is 11.5 Å². The van der Waals surface area contributed by atoms with Gasteiger partial charge in [-0.25, -0.2) is 4.98 Å². The second-order valence-corrected chi connectivity index (χ2v) is 8.10. The first-order chi connectivity index (χ1) is 16.1. The van der Waals surface area contributed by atoms with Crippen LogP contribution in [0.15, 0.2) is 79.3 Å². The van der Waals surface area contributed by atoms with Gasteiger partial charge < -0.3 is 10.2 Å². The summed E-state index contributed by atoms with van der Waals surface area (Å²) in [6, 6.07) is 18.7. The highest BCUT2D eigenvalue weighted by molar-refractivity contribution is 6.42. The van der Waals surface area contributed by atoms with Crippen LogP contribution in [-0.4, -0.2) is 27.9 Å². The van der Waals surface area contributed by atoms with E-state index in [1.54, 1.807) is 35.6 Å². The topological polar surface area (TPSA) is 71.0 Å². The molecular formula is C25H21Cl2N5O. The molecule has 1 aromatic carbocycles. The minimum atomic E-state index is 0.375. The molecule has 0 aliphatic rings. The summed E-state index contributed by atoms with van der Waals surface area (Å²) >= 11 is 12.3. The lowest BCUT2D eigenvalue weighted by Gasteiger charge is -2.21. The number of carbonyl (C=O) groups is 1. The average molecular weight is 478 g/mol. The van der Waals surface area contributed by atoms with Crippen molar-refractivity contribution in [2.75, 3.05) is 16.8 Å². The van der Waals surface area contributed by atoms with E-state index >= 15 is 0 Å². The minimum Gasteiger partial charge on any atom is -0.368 e. The molecule has 0 aliphatic carbocycles. The third kappa shape index (κ3) is 5.86. The van der Waals surface area contributed by atoms with Gasteiger partial charge in [0, 0.05) is 42.8 Å². The highest BCUT2D eigenvalue weighted by Crippen LogP contribution is 2.32. The average Bonchev–Trinajstić information content (AvgIpc) is 2.86. The lowest BCUT2D eigenvalue weighted by atomic mass is 10.1. The SMILES string of the molecule is O=CN(Cc1cccnc1)c1ccc(-c2ccc(Cl)c(Cl)c2)nc1NCCc1ccccn1. The van der Waals surface area contributed by atoms with Crippen molar-refractivity contribution in [3.8, 4) is 11.3 Å². The van der Waals surface area contributed by atoms with Crippen LogP contribution in [0.1, 0.15) is 11.3 Å². The fourth-order valence-corrected chi connectivity index (χ4v) is 3.65. The van der Waals surface area contributed by atoms with Crippen LogP contribution in [-0.2, 0) is 17.8 Å². The number of carbonyl (C=O) groups excluding carboxylic acids is 1. The van der Waals surface area contributed by atoms with Crippen LogP contribution in [0.5, 0.6) is 0 Å². The summed E-state index contributed by atoms with van der Waals surface area (Å²) in [6.45, 7) is 0.974. The van der Waals surface area contributed by atoms with Crippen molar-refractivity contribution >= 4 is 41.1 Å². The molecule has 1 amide bonds. The first-order valence-corrected chi connectivity index (χ1v) is 11.1. The van der Waals surface area contributed by atoms with Gasteiger partial charge >= 0.3 is 0 Å². The van der Waals surface area contributed by atoms with Crippen molar-refractivity contribution < 1.29 is 4.79 Å². The van der Waals surface area contributed by atoms with E-state index in [9.17, 15) is 4.79 Å². The zero-order chi connectivity index (χ0) is 23.0. The molecular weight excluding hydrogens is 457 g/mol. The molecule has 0 unspecified atom stereocenters. The van der Waals surface area contributed by atoms with Gasteiger partial charge in [0.1, 0.15) is 0 Å². The Hall–Kier alpha value is -3.48. The molecule has 33 heavy (non-hydrogen) atoms. The van der Waals surface area contributed by atoms with Gasteiger partial charge in [0.2, 0.25) is 6.41 Å². The molecule has 0 atom stereocenters. The first-order valence-electron chi connectivity index (χ1n) is 10.3. The van der Waals surface area contributed by atoms with Crippen LogP contribution >= 0.6 is 23.2 Å². The highest BCUT2D eigenvalue weighted by Gasteiger charge is 2.15. The molecule has 1 N–H and O–H groups in total. The molecule has 0 radical (unpaired) electrons. The maximum atomic E-state index is 12.0. The maximum Gasteiger partial charge on any atom is 0.214 e. The number of nitrogens with zero attached hydrogens (tertiary/aromatic N) is 4. The summed E-state index contributed by atoms with van der Waals surface area (Å²) < 4.78 is 0. The number of nitrogens with one attached hydrogen (secondary N) is 1. The number of hydrogen-bond donors (Lipinski definition) is 1. The van der Waals surface area contributed by atoms with E-state index in [1.807, 2.05) is 48.5 Å². The van der Waals surface area contributed by atoms with Crippen LogP contribution in [0.25, 0.3) is 11.3 Å². The second-order valence-electron chi connectivity index (χ2n) is 7.29. The van der Waals surface area contributed by atoms with Gasteiger partial charge in [-0.3, -0.25) is 14.8 Å². The van der Waals surface area contributed by atoms with Gasteiger partial charge in [-0.2, -0.15) is 0 Å². The number of halogens is 2. The molecule has 0 spiro atoms. The van der Waals surface area contributed by atoms with Crippen LogP contribution < -0.4 is 10.2 Å². The molecule has 6 nitrogen and oxygen atoms in total. The first kappa shape index (κ1) is 22.7. The van der Waals surface area contributed by atoms with Gasteiger partial charge in [0.15, 0.2) is 5.82 Å². The fourth-order valence-electron chi connectivity index (χ4n) is 3.35. The Kier molecular flexibility index (Phi) is 7.50. The molecule has 3 aromatic heterocycles. The van der Waals surface area contributed by atoms with Crippen LogP contribution in [0, 0.1) is 0 Å². The Morgan fingerprint density at radius 1 is 0.970 bits per heavy atom. The third-order valence-electron chi connectivity index (χ3n) is 5.00. The van der Waals surface area contributed by atoms with Crippen molar-refractivity contribution in [1.82, 2.24) is 15.0 Å². The standard InChI is InChI=1S/C25H21Cl2N5O/c26-21-7-6-19(14-22(21)27)23-8-9-24(32(17-33)16-18-4-3-11-28-15-18)25(31-23)30-13-10-20-5-1-2-12-29-20/h1-9,11-12,14-15,17H,10,13,16H2,(H,30,31). The molecule has 8 heteroatoms. The van der Waals surface area contributed by atoms with E-state index in [2.05, 4.69) is 15.3 Å². The lowest BCUT2D eigenvalue weighted by molar-refractivity contribution is -0.107. The Morgan fingerprint density at radius 2 is 1.88 bits per heavy atom. The third-order valence-corrected chi connectivity index (χ3v) is 5.74. The van der Waals surface area contributed by atoms with Crippen molar-refractivity contribution in [2.24, 2.45) is 0 Å². The van der Waals surface area contributed by atoms with E-state index in [0.717, 1.165) is 23.2 Å². The molecule has 4 aromatic rings. The van der Waals surface area contributed by atoms with Crippen LogP contribution in [0.3, 0.4) is 0 Å². The molecule has 0 aliphatic heterocycles. The van der Waals surface area contributed by atoms with Gasteiger partial charge in [-0.05, 0) is 48.0 Å². The number of anilines is 2. The summed E-state index contributed by atoms with van der Waals surface area (Å²) in [4.78, 5) is 26.9. The van der Waals surface area contributed by atoms with Gasteiger partial charge in [0.05, 0.1) is 28.0 Å². The number of amides is 1. The zero-order valence-corrected chi connectivity index (χ0v) is 19.2. The summed E-state index contributed by atoms with van der Waals surface area (Å²) in [5, 5.41) is 4.31. The largest absolute Gasteiger partial charge is 0.368 e. The van der Waals surface area contributed by atoms with Crippen molar-refractivity contribution in [2.45, 2.75) is 13.0 Å². The van der Waals surface area contributed by atoms with E-state index in [1.165, 1.54) is 0 Å². The Labute approximate surface area is 202 Å². The number of aromatic nitrogens is 3. The second kappa shape index (κ2) is 10.9. The quantitative estimate of drug-likeness (QED) is 0.314. The van der Waals surface area contributed by atoms with E-state index in [4.69, 9.17) is 28.2 Å². The maximum absolute atomic E-state index is 12.0. The summed E-state index contributed by atoms with van der Waals surface area (Å²) in [6.07, 6.45) is 6.72. The van der Waals surface area contributed by atoms with Crippen molar-refractivity contribution in [3.05, 3.63) is 101 Å². The smallest absolute Gasteiger partial charge is 0.214 e. The van der Waals surface area contributed by atoms with Crippen molar-refractivity contribution in [1.29, 1.82) is 0 Å². The van der Waals surface area contributed by atoms with Gasteiger partial charge in [0.25, 0.3) is 0 Å². The van der Waals surface area contributed by atoms with Gasteiger partial charge in [-0.1, -0.05) is 41.4 Å². The number of rotatable bonds is 9. The van der Waals surface area contributed by atoms with Crippen LogP contribution in [0.2, 0.25) is 10.0 Å². The molecule has 166 valence electrons. The molecule has 0 fully saturated rings. The molecule has 4 rings (SSSR count). The van der Waals surface area contributed by atoms with E-state index < -0.39 is 0 Å². The predicted molar refractivity (Wildman–Crippen MR) is 133 cm³/mol. The summed E-state index contributed by atoms with van der Waals surface area (Å²) in [5.41, 5.74) is 4.09. The Balaban J connectivity index is 1.64. The summed E-state index contributed by atoms with van der Waals surface area (Å²) in [7, 11) is 0. The van der Waals surface area contributed by atoms with E-state index in [0.29, 0.717) is 46.8 Å². The number of hydrogen-bond acceptors (Lipinski definition) is 5. The fraction of sp³-hybridized carbons (Fsp3) is 0.120. The minimum absolute atomic E-state index is 0.375. The summed E-state index contributed by atoms with van der Waals surface area (Å²) in [5.74, 6) is 0.588. The number of benzene rings is 1. The Bertz CT molecular complexity index is 1220. The normalized spacial score (nSPS) is 10.6. The lowest BCUT2D eigenvalue weighted by Crippen LogP contribution is -2.23. The predicted octanol–water partition coefficient (Wildman–Crippen LogP) is 5.66. The zero-order valence-electron chi connectivity index (χ0n) is 17.7. The highest BCUT2D eigenvalue weighted by atomic mass is 35.5. The van der Waals surface area contributed by atoms with E-state index in [-0.39, 0.29) is 0 Å².